The third kappa shape index (κ3) is 3.42. The van der Waals surface area contributed by atoms with E-state index in [1.807, 2.05) is 24.3 Å². The number of hydrogen-bond donors (Lipinski definition) is 0. The minimum Gasteiger partial charge on any atom is -0.497 e. The molecule has 1 fully saturated rings. The average Bonchev–Trinajstić information content (AvgIpc) is 2.77. The zero-order chi connectivity index (χ0) is 13.7. The number of rotatable bonds is 5. The van der Waals surface area contributed by atoms with Gasteiger partial charge >= 0.3 is 0 Å². The first kappa shape index (κ1) is 13.3. The Kier molecular flexibility index (Phi) is 4.31. The van der Waals surface area contributed by atoms with Crippen molar-refractivity contribution in [2.24, 2.45) is 4.99 Å². The molecule has 0 aromatic heterocycles. The van der Waals surface area contributed by atoms with Crippen LogP contribution in [0.15, 0.2) is 29.3 Å². The molecule has 0 bridgehead atoms. The molecule has 0 saturated carbocycles. The summed E-state index contributed by atoms with van der Waals surface area (Å²) in [6.07, 6.45) is 2.60. The molecule has 19 heavy (non-hydrogen) atoms. The van der Waals surface area contributed by atoms with Gasteiger partial charge in [-0.2, -0.15) is 0 Å². The molecule has 0 N–H and O–H groups in total. The Bertz CT molecular complexity index is 509. The number of carbonyl (C=O) groups excluding carboxylic acids is 2. The zero-order valence-corrected chi connectivity index (χ0v) is 10.8. The van der Waals surface area contributed by atoms with Gasteiger partial charge in [0.2, 0.25) is 12.0 Å². The van der Waals surface area contributed by atoms with Gasteiger partial charge in [0.15, 0.2) is 0 Å². The number of hydrogen-bond acceptors (Lipinski definition) is 4. The topological polar surface area (TPSA) is 59.0 Å². The molecular formula is C14H16N2O3. The largest absolute Gasteiger partial charge is 0.497 e. The van der Waals surface area contributed by atoms with Crippen LogP contribution in [0.25, 0.3) is 0 Å². The number of carbonyl (C=O) groups is 1. The number of methoxy groups -OCH3 is 1. The molecule has 100 valence electrons. The highest BCUT2D eigenvalue weighted by Crippen LogP contribution is 2.16. The number of nitrogens with zero attached hydrogens (tertiary/aromatic N) is 2. The molecule has 2 rings (SSSR count). The number of isocyanates is 1. The van der Waals surface area contributed by atoms with Crippen LogP contribution in [-0.4, -0.2) is 43.1 Å². The quantitative estimate of drug-likeness (QED) is 0.590. The SMILES string of the molecule is COc1cccc(CCN2CC(N=C=O)CC2=O)c1. The monoisotopic (exact) mass is 260 g/mol. The lowest BCUT2D eigenvalue weighted by atomic mass is 10.1. The highest BCUT2D eigenvalue weighted by molar-refractivity contribution is 5.79. The van der Waals surface area contributed by atoms with E-state index in [-0.39, 0.29) is 11.9 Å². The second-order valence-electron chi connectivity index (χ2n) is 4.52. The number of amides is 1. The van der Waals surface area contributed by atoms with Crippen LogP contribution in [0.5, 0.6) is 5.75 Å². The lowest BCUT2D eigenvalue weighted by Crippen LogP contribution is -2.27. The Labute approximate surface area is 111 Å². The molecule has 1 heterocycles. The van der Waals surface area contributed by atoms with Gasteiger partial charge in [-0.3, -0.25) is 4.79 Å². The summed E-state index contributed by atoms with van der Waals surface area (Å²) in [7, 11) is 1.63. The van der Waals surface area contributed by atoms with E-state index < -0.39 is 0 Å². The van der Waals surface area contributed by atoms with E-state index >= 15 is 0 Å². The summed E-state index contributed by atoms with van der Waals surface area (Å²) in [4.78, 5) is 27.3. The lowest BCUT2D eigenvalue weighted by Gasteiger charge is -2.15. The van der Waals surface area contributed by atoms with E-state index in [0.29, 0.717) is 19.5 Å². The van der Waals surface area contributed by atoms with Crippen molar-refractivity contribution in [3.63, 3.8) is 0 Å². The van der Waals surface area contributed by atoms with Gasteiger partial charge in [0.25, 0.3) is 0 Å². The van der Waals surface area contributed by atoms with Crippen molar-refractivity contribution in [2.45, 2.75) is 18.9 Å². The van der Waals surface area contributed by atoms with Gasteiger partial charge in [-0.25, -0.2) is 9.79 Å². The summed E-state index contributed by atoms with van der Waals surface area (Å²) < 4.78 is 5.16. The third-order valence-corrected chi connectivity index (χ3v) is 3.23. The van der Waals surface area contributed by atoms with Gasteiger partial charge in [0.1, 0.15) is 5.75 Å². The van der Waals surface area contributed by atoms with Crippen LogP contribution in [0.4, 0.5) is 0 Å². The zero-order valence-electron chi connectivity index (χ0n) is 10.8. The Balaban J connectivity index is 1.91. The van der Waals surface area contributed by atoms with E-state index in [1.165, 1.54) is 6.08 Å². The van der Waals surface area contributed by atoms with Crippen LogP contribution in [-0.2, 0) is 16.0 Å². The van der Waals surface area contributed by atoms with E-state index in [0.717, 1.165) is 17.7 Å². The normalized spacial score (nSPS) is 18.3. The molecule has 1 atom stereocenters. The van der Waals surface area contributed by atoms with Crippen LogP contribution >= 0.6 is 0 Å². The molecule has 1 aromatic rings. The summed E-state index contributed by atoms with van der Waals surface area (Å²) in [6.45, 7) is 1.15. The molecule has 0 spiro atoms. The van der Waals surface area contributed by atoms with Gasteiger partial charge in [-0.1, -0.05) is 12.1 Å². The van der Waals surface area contributed by atoms with E-state index in [4.69, 9.17) is 4.74 Å². The average molecular weight is 260 g/mol. The molecule has 0 aliphatic carbocycles. The molecule has 1 unspecified atom stereocenters. The second kappa shape index (κ2) is 6.16. The van der Waals surface area contributed by atoms with Crippen LogP contribution < -0.4 is 4.74 Å². The van der Waals surface area contributed by atoms with Gasteiger partial charge < -0.3 is 9.64 Å². The van der Waals surface area contributed by atoms with Crippen molar-refractivity contribution in [1.82, 2.24) is 4.90 Å². The fourth-order valence-corrected chi connectivity index (χ4v) is 2.22. The second-order valence-corrected chi connectivity index (χ2v) is 4.52. The molecule has 1 aromatic carbocycles. The summed E-state index contributed by atoms with van der Waals surface area (Å²) >= 11 is 0. The van der Waals surface area contributed by atoms with Crippen LogP contribution in [0, 0.1) is 0 Å². The van der Waals surface area contributed by atoms with E-state index in [2.05, 4.69) is 4.99 Å². The Morgan fingerprint density at radius 3 is 3.11 bits per heavy atom. The van der Waals surface area contributed by atoms with E-state index in [9.17, 15) is 9.59 Å². The molecule has 0 radical (unpaired) electrons. The minimum absolute atomic E-state index is 0.0481. The van der Waals surface area contributed by atoms with E-state index in [1.54, 1.807) is 12.0 Å². The first-order chi connectivity index (χ1) is 9.22. The van der Waals surface area contributed by atoms with Crippen molar-refractivity contribution in [2.75, 3.05) is 20.2 Å². The Hall–Kier alpha value is -2.13. The van der Waals surface area contributed by atoms with Crippen LogP contribution in [0.2, 0.25) is 0 Å². The van der Waals surface area contributed by atoms with Crippen molar-refractivity contribution >= 4 is 12.0 Å². The molecule has 1 aliphatic rings. The number of aliphatic imine (C=N–C) groups is 1. The summed E-state index contributed by atoms with van der Waals surface area (Å²) in [5.74, 6) is 0.862. The van der Waals surface area contributed by atoms with Gasteiger partial charge in [0.05, 0.1) is 19.6 Å². The maximum atomic E-state index is 11.7. The molecule has 1 aliphatic heterocycles. The Morgan fingerprint density at radius 2 is 2.37 bits per heavy atom. The van der Waals surface area contributed by atoms with Crippen molar-refractivity contribution in [1.29, 1.82) is 0 Å². The fourth-order valence-electron chi connectivity index (χ4n) is 2.22. The molecule has 5 heteroatoms. The number of benzene rings is 1. The predicted molar refractivity (Wildman–Crippen MR) is 69.8 cm³/mol. The van der Waals surface area contributed by atoms with Gasteiger partial charge in [-0.15, -0.1) is 0 Å². The predicted octanol–water partition coefficient (Wildman–Crippen LogP) is 1.17. The molecular weight excluding hydrogens is 244 g/mol. The summed E-state index contributed by atoms with van der Waals surface area (Å²) in [5.41, 5.74) is 1.12. The van der Waals surface area contributed by atoms with Crippen molar-refractivity contribution in [3.8, 4) is 5.75 Å². The van der Waals surface area contributed by atoms with Crippen LogP contribution in [0.3, 0.4) is 0 Å². The highest BCUT2D eigenvalue weighted by atomic mass is 16.5. The van der Waals surface area contributed by atoms with Crippen molar-refractivity contribution < 1.29 is 14.3 Å². The highest BCUT2D eigenvalue weighted by Gasteiger charge is 2.28. The number of ether oxygens (including phenoxy) is 1. The first-order valence-corrected chi connectivity index (χ1v) is 6.20. The molecule has 1 saturated heterocycles. The fraction of sp³-hybridized carbons (Fsp3) is 0.429. The number of likely N-dealkylation sites (tertiary alicyclic amines) is 1. The maximum absolute atomic E-state index is 11.7. The summed E-state index contributed by atoms with van der Waals surface area (Å²) in [6, 6.07) is 7.56. The lowest BCUT2D eigenvalue weighted by molar-refractivity contribution is -0.127. The molecule has 1 amide bonds. The molecule has 5 nitrogen and oxygen atoms in total. The summed E-state index contributed by atoms with van der Waals surface area (Å²) in [5, 5.41) is 0. The Morgan fingerprint density at radius 1 is 1.53 bits per heavy atom. The standard InChI is InChI=1S/C14H16N2O3/c1-19-13-4-2-3-11(7-13)5-6-16-9-12(15-10-17)8-14(16)18/h2-4,7,12H,5-6,8-9H2,1H3. The van der Waals surface area contributed by atoms with Gasteiger partial charge in [0, 0.05) is 13.1 Å². The minimum atomic E-state index is -0.227. The van der Waals surface area contributed by atoms with Crippen LogP contribution in [0.1, 0.15) is 12.0 Å². The van der Waals surface area contributed by atoms with Crippen molar-refractivity contribution in [3.05, 3.63) is 29.8 Å². The maximum Gasteiger partial charge on any atom is 0.235 e. The third-order valence-electron chi connectivity index (χ3n) is 3.23. The smallest absolute Gasteiger partial charge is 0.235 e. The van der Waals surface area contributed by atoms with Gasteiger partial charge in [-0.05, 0) is 24.1 Å². The first-order valence-electron chi connectivity index (χ1n) is 6.20.